The Morgan fingerprint density at radius 2 is 1.91 bits per heavy atom. The zero-order valence-electron chi connectivity index (χ0n) is 19.3. The van der Waals surface area contributed by atoms with Crippen LogP contribution in [0.1, 0.15) is 6.04 Å². The van der Waals surface area contributed by atoms with Crippen molar-refractivity contribution in [2.24, 2.45) is 4.99 Å². The van der Waals surface area contributed by atoms with Gasteiger partial charge in [0.2, 0.25) is 0 Å². The molecule has 0 fully saturated rings. The fraction of sp³-hybridized carbons (Fsp3) is 0.304. The number of nitrogens with zero attached hydrogens (tertiary/aromatic N) is 4. The molecule has 2 N–H and O–H groups in total. The molecule has 1 heterocycles. The van der Waals surface area contributed by atoms with E-state index in [1.807, 2.05) is 0 Å². The number of hydrogen-bond acceptors (Lipinski definition) is 8. The quantitative estimate of drug-likeness (QED) is 0.440. The van der Waals surface area contributed by atoms with Gasteiger partial charge in [-0.15, -0.1) is 0 Å². The topological polar surface area (TPSA) is 105 Å². The van der Waals surface area contributed by atoms with Crippen LogP contribution in [-0.2, 0) is 0 Å². The minimum atomic E-state index is -0.899. The summed E-state index contributed by atoms with van der Waals surface area (Å²) in [6.45, 7) is 0.558. The molecule has 180 valence electrons. The van der Waals surface area contributed by atoms with Gasteiger partial charge in [-0.05, 0) is 25.2 Å². The second-order valence-electron chi connectivity index (χ2n) is 7.24. The van der Waals surface area contributed by atoms with Crippen LogP contribution >= 0.6 is 0 Å². The summed E-state index contributed by atoms with van der Waals surface area (Å²) in [5, 5.41) is 10.8. The number of aliphatic imine (C=N–C) groups is 1. The summed E-state index contributed by atoms with van der Waals surface area (Å²) in [7, 11) is 5.81. The Balaban J connectivity index is 2.26. The van der Waals surface area contributed by atoms with E-state index in [0.29, 0.717) is 17.7 Å². The van der Waals surface area contributed by atoms with Gasteiger partial charge in [-0.2, -0.15) is 0 Å². The van der Waals surface area contributed by atoms with E-state index < -0.39 is 23.2 Å². The molecule has 0 saturated heterocycles. The molecule has 0 aliphatic rings. The maximum absolute atomic E-state index is 15.3. The predicted molar refractivity (Wildman–Crippen MR) is 129 cm³/mol. The molecule has 0 bridgehead atoms. The van der Waals surface area contributed by atoms with Crippen LogP contribution in [0.3, 0.4) is 0 Å². The van der Waals surface area contributed by atoms with Crippen molar-refractivity contribution in [3.63, 3.8) is 0 Å². The van der Waals surface area contributed by atoms with Crippen LogP contribution < -0.4 is 25.2 Å². The number of aromatic nitrogens is 2. The molecule has 11 heteroatoms. The van der Waals surface area contributed by atoms with E-state index >= 15 is 8.78 Å². The van der Waals surface area contributed by atoms with Crippen LogP contribution in [0.4, 0.5) is 20.2 Å². The second-order valence-corrected chi connectivity index (χ2v) is 7.24. The van der Waals surface area contributed by atoms with E-state index in [-0.39, 0.29) is 29.1 Å². The number of nitrogens with one attached hydrogen (secondary N) is 2. The van der Waals surface area contributed by atoms with Crippen molar-refractivity contribution >= 4 is 34.7 Å². The summed E-state index contributed by atoms with van der Waals surface area (Å²) in [6, 6.07) is 5.17. The van der Waals surface area contributed by atoms with Crippen LogP contribution in [0.5, 0.6) is 11.5 Å². The number of rotatable bonds is 10. The maximum atomic E-state index is 15.3. The second kappa shape index (κ2) is 10.8. The minimum absolute atomic E-state index is 0.173. The van der Waals surface area contributed by atoms with Crippen molar-refractivity contribution in [1.29, 1.82) is 5.41 Å². The van der Waals surface area contributed by atoms with Gasteiger partial charge < -0.3 is 25.1 Å². The number of likely N-dealkylation sites (N-methyl/N-ethyl adjacent to an activating group) is 1. The molecule has 0 radical (unpaired) electrons. The van der Waals surface area contributed by atoms with Gasteiger partial charge in [0.05, 0.1) is 31.4 Å². The van der Waals surface area contributed by atoms with E-state index in [0.717, 1.165) is 12.3 Å². The van der Waals surface area contributed by atoms with Gasteiger partial charge in [0.15, 0.2) is 23.1 Å². The van der Waals surface area contributed by atoms with Crippen molar-refractivity contribution in [2.75, 3.05) is 46.3 Å². The van der Waals surface area contributed by atoms with Gasteiger partial charge in [-0.1, -0.05) is 0 Å². The van der Waals surface area contributed by atoms with Gasteiger partial charge in [0, 0.05) is 44.3 Å². The highest BCUT2D eigenvalue weighted by Crippen LogP contribution is 2.40. The lowest BCUT2D eigenvalue weighted by molar-refractivity contribution is 0.359. The van der Waals surface area contributed by atoms with Crippen molar-refractivity contribution in [3.8, 4) is 11.5 Å². The standard InChI is InChI=1S/C23H26F2N6O3/c1-27-7-8-30(22-20(24)18(33-3)10-19(34-4)21(22)25)14-5-6-17-16(9-14)23(32)31(13-29-17)15(11-26)12-28-2/h5-6,9-13,15,26-27H,7-8H2,1-4H3. The van der Waals surface area contributed by atoms with Crippen molar-refractivity contribution in [1.82, 2.24) is 14.9 Å². The molecule has 9 nitrogen and oxygen atoms in total. The molecule has 1 unspecified atom stereocenters. The number of anilines is 2. The highest BCUT2D eigenvalue weighted by molar-refractivity contribution is 5.87. The summed E-state index contributed by atoms with van der Waals surface area (Å²) in [4.78, 5) is 22.8. The van der Waals surface area contributed by atoms with Gasteiger partial charge >= 0.3 is 0 Å². The van der Waals surface area contributed by atoms with E-state index in [9.17, 15) is 4.79 Å². The summed E-state index contributed by atoms with van der Waals surface area (Å²) < 4.78 is 42.0. The summed E-state index contributed by atoms with van der Waals surface area (Å²) in [5.41, 5.74) is -0.0218. The molecule has 0 saturated carbocycles. The van der Waals surface area contributed by atoms with Gasteiger partial charge in [0.1, 0.15) is 11.7 Å². The molecule has 1 atom stereocenters. The lowest BCUT2D eigenvalue weighted by Gasteiger charge is -2.27. The lowest BCUT2D eigenvalue weighted by atomic mass is 10.1. The maximum Gasteiger partial charge on any atom is 0.262 e. The van der Waals surface area contributed by atoms with Gasteiger partial charge in [0.25, 0.3) is 5.56 Å². The normalized spacial score (nSPS) is 12.2. The zero-order valence-corrected chi connectivity index (χ0v) is 19.3. The molecule has 0 aliphatic heterocycles. The molecular weight excluding hydrogens is 446 g/mol. The molecule has 1 aromatic heterocycles. The first kappa shape index (κ1) is 24.8. The Hall–Kier alpha value is -3.86. The highest BCUT2D eigenvalue weighted by Gasteiger charge is 2.26. The average Bonchev–Trinajstić information content (AvgIpc) is 2.85. The number of hydrogen-bond donors (Lipinski definition) is 2. The summed E-state index contributed by atoms with van der Waals surface area (Å²) in [5.74, 6) is -2.16. The molecular formula is C23H26F2N6O3. The van der Waals surface area contributed by atoms with Crippen LogP contribution in [0, 0.1) is 17.0 Å². The number of methoxy groups -OCH3 is 2. The van der Waals surface area contributed by atoms with Crippen molar-refractivity contribution < 1.29 is 18.3 Å². The van der Waals surface area contributed by atoms with E-state index in [1.165, 1.54) is 42.3 Å². The molecule has 2 aromatic carbocycles. The van der Waals surface area contributed by atoms with Gasteiger partial charge in [-0.25, -0.2) is 13.8 Å². The third-order valence-electron chi connectivity index (χ3n) is 5.28. The Morgan fingerprint density at radius 1 is 1.24 bits per heavy atom. The molecule has 0 aliphatic carbocycles. The molecule has 3 rings (SSSR count). The molecule has 34 heavy (non-hydrogen) atoms. The van der Waals surface area contributed by atoms with Crippen LogP contribution in [0.15, 0.2) is 40.4 Å². The lowest BCUT2D eigenvalue weighted by Crippen LogP contribution is -2.29. The average molecular weight is 472 g/mol. The fourth-order valence-corrected chi connectivity index (χ4v) is 3.56. The molecule has 0 amide bonds. The first-order valence-corrected chi connectivity index (χ1v) is 10.4. The smallest absolute Gasteiger partial charge is 0.262 e. The van der Waals surface area contributed by atoms with Crippen LogP contribution in [0.25, 0.3) is 10.9 Å². The Kier molecular flexibility index (Phi) is 7.90. The fourth-order valence-electron chi connectivity index (χ4n) is 3.56. The van der Waals surface area contributed by atoms with E-state index in [2.05, 4.69) is 15.3 Å². The third-order valence-corrected chi connectivity index (χ3v) is 5.28. The SMILES string of the molecule is CN=CC(C=N)n1cnc2ccc(N(CCNC)c3c(F)c(OC)cc(OC)c3F)cc2c1=O. The number of fused-ring (bicyclic) bond motifs is 1. The number of benzene rings is 2. The first-order chi connectivity index (χ1) is 16.4. The molecule has 0 spiro atoms. The monoisotopic (exact) mass is 472 g/mol. The van der Waals surface area contributed by atoms with Crippen LogP contribution in [0.2, 0.25) is 0 Å². The van der Waals surface area contributed by atoms with E-state index in [4.69, 9.17) is 14.9 Å². The Bertz CT molecular complexity index is 1250. The number of ether oxygens (including phenoxy) is 2. The highest BCUT2D eigenvalue weighted by atomic mass is 19.1. The number of halogens is 2. The predicted octanol–water partition coefficient (Wildman–Crippen LogP) is 2.94. The minimum Gasteiger partial charge on any atom is -0.493 e. The summed E-state index contributed by atoms with van der Waals surface area (Å²) in [6.07, 6.45) is 3.85. The first-order valence-electron chi connectivity index (χ1n) is 10.4. The summed E-state index contributed by atoms with van der Waals surface area (Å²) >= 11 is 0. The Morgan fingerprint density at radius 3 is 2.47 bits per heavy atom. The van der Waals surface area contributed by atoms with Crippen molar-refractivity contribution in [3.05, 3.63) is 52.6 Å². The van der Waals surface area contributed by atoms with Gasteiger partial charge in [-0.3, -0.25) is 14.4 Å². The van der Waals surface area contributed by atoms with E-state index in [1.54, 1.807) is 26.2 Å². The Labute approximate surface area is 195 Å². The largest absolute Gasteiger partial charge is 0.493 e. The molecule has 3 aromatic rings. The third kappa shape index (κ3) is 4.60. The van der Waals surface area contributed by atoms with Crippen LogP contribution in [-0.4, -0.2) is 63.4 Å². The zero-order chi connectivity index (χ0) is 24.8. The van der Waals surface area contributed by atoms with Crippen molar-refractivity contribution in [2.45, 2.75) is 6.04 Å².